The standard InChI is InChI=1S/C23H22N2O3/c1-15-13-20(24-28-15)21-3-2-11-25(21)23(26)18-7-4-16(5-8-18)19-9-6-17-10-12-27-22(17)14-19/h4-9,13-14,21H,2-3,10-12H2,1H3/t21-/m1/s1. The van der Waals surface area contributed by atoms with Gasteiger partial charge >= 0.3 is 0 Å². The molecule has 1 saturated heterocycles. The molecule has 3 aromatic rings. The van der Waals surface area contributed by atoms with Crippen molar-refractivity contribution in [1.82, 2.24) is 10.1 Å². The van der Waals surface area contributed by atoms with Crippen molar-refractivity contribution < 1.29 is 14.1 Å². The molecule has 1 fully saturated rings. The van der Waals surface area contributed by atoms with Crippen molar-refractivity contribution >= 4 is 5.91 Å². The zero-order chi connectivity index (χ0) is 19.1. The summed E-state index contributed by atoms with van der Waals surface area (Å²) in [7, 11) is 0. The van der Waals surface area contributed by atoms with Crippen LogP contribution in [0.3, 0.4) is 0 Å². The van der Waals surface area contributed by atoms with Crippen LogP contribution in [0.15, 0.2) is 53.1 Å². The third-order valence-corrected chi connectivity index (χ3v) is 5.66. The van der Waals surface area contributed by atoms with E-state index in [2.05, 4.69) is 23.4 Å². The fourth-order valence-corrected chi connectivity index (χ4v) is 4.18. The molecule has 0 unspecified atom stereocenters. The average molecular weight is 374 g/mol. The number of likely N-dealkylation sites (tertiary alicyclic amines) is 1. The molecule has 28 heavy (non-hydrogen) atoms. The van der Waals surface area contributed by atoms with Crippen molar-refractivity contribution in [3.8, 4) is 16.9 Å². The average Bonchev–Trinajstić information content (AvgIpc) is 3.47. The minimum Gasteiger partial charge on any atom is -0.493 e. The Kier molecular flexibility index (Phi) is 4.15. The molecule has 0 N–H and O–H groups in total. The molecular weight excluding hydrogens is 352 g/mol. The van der Waals surface area contributed by atoms with Crippen molar-refractivity contribution in [3.63, 3.8) is 0 Å². The summed E-state index contributed by atoms with van der Waals surface area (Å²) >= 11 is 0. The van der Waals surface area contributed by atoms with Crippen molar-refractivity contribution in [3.05, 3.63) is 71.1 Å². The first-order chi connectivity index (χ1) is 13.7. The van der Waals surface area contributed by atoms with Crippen LogP contribution in [-0.2, 0) is 6.42 Å². The zero-order valence-electron chi connectivity index (χ0n) is 15.9. The van der Waals surface area contributed by atoms with Gasteiger partial charge in [0.1, 0.15) is 17.2 Å². The number of hydrogen-bond acceptors (Lipinski definition) is 4. The summed E-state index contributed by atoms with van der Waals surface area (Å²) in [5, 5.41) is 4.13. The smallest absolute Gasteiger partial charge is 0.254 e. The number of carbonyl (C=O) groups is 1. The quantitative estimate of drug-likeness (QED) is 0.674. The van der Waals surface area contributed by atoms with Crippen LogP contribution in [0.25, 0.3) is 11.1 Å². The highest BCUT2D eigenvalue weighted by Crippen LogP contribution is 2.34. The van der Waals surface area contributed by atoms with E-state index in [1.165, 1.54) is 5.56 Å². The number of amides is 1. The second-order valence-electron chi connectivity index (χ2n) is 7.52. The molecule has 5 nitrogen and oxygen atoms in total. The van der Waals surface area contributed by atoms with Gasteiger partial charge in [0.05, 0.1) is 12.6 Å². The maximum absolute atomic E-state index is 13.1. The van der Waals surface area contributed by atoms with E-state index < -0.39 is 0 Å². The molecule has 142 valence electrons. The van der Waals surface area contributed by atoms with Gasteiger partial charge in [0, 0.05) is 24.6 Å². The summed E-state index contributed by atoms with van der Waals surface area (Å²) in [4.78, 5) is 15.0. The van der Waals surface area contributed by atoms with E-state index in [4.69, 9.17) is 9.26 Å². The summed E-state index contributed by atoms with van der Waals surface area (Å²) < 4.78 is 10.9. The van der Waals surface area contributed by atoms with Crippen LogP contribution in [0.2, 0.25) is 0 Å². The number of ether oxygens (including phenoxy) is 1. The summed E-state index contributed by atoms with van der Waals surface area (Å²) in [6.45, 7) is 3.38. The van der Waals surface area contributed by atoms with E-state index in [1.54, 1.807) is 0 Å². The predicted octanol–water partition coefficient (Wildman–Crippen LogP) is 4.56. The van der Waals surface area contributed by atoms with Gasteiger partial charge in [-0.25, -0.2) is 0 Å². The molecule has 3 heterocycles. The Morgan fingerprint density at radius 3 is 2.71 bits per heavy atom. The Bertz CT molecular complexity index is 1020. The highest BCUT2D eigenvalue weighted by molar-refractivity contribution is 5.95. The maximum Gasteiger partial charge on any atom is 0.254 e. The largest absolute Gasteiger partial charge is 0.493 e. The second kappa shape index (κ2) is 6.82. The van der Waals surface area contributed by atoms with Crippen LogP contribution in [0.4, 0.5) is 0 Å². The molecule has 1 aromatic heterocycles. The molecule has 1 amide bonds. The molecule has 2 aromatic carbocycles. The van der Waals surface area contributed by atoms with Crippen molar-refractivity contribution in [2.24, 2.45) is 0 Å². The van der Waals surface area contributed by atoms with Crippen LogP contribution in [-0.4, -0.2) is 29.1 Å². The maximum atomic E-state index is 13.1. The lowest BCUT2D eigenvalue weighted by molar-refractivity contribution is 0.0731. The number of carbonyl (C=O) groups excluding carboxylic acids is 1. The van der Waals surface area contributed by atoms with E-state index in [9.17, 15) is 4.79 Å². The molecule has 0 aliphatic carbocycles. The molecule has 0 radical (unpaired) electrons. The van der Waals surface area contributed by atoms with Crippen molar-refractivity contribution in [1.29, 1.82) is 0 Å². The predicted molar refractivity (Wildman–Crippen MR) is 105 cm³/mol. The third-order valence-electron chi connectivity index (χ3n) is 5.66. The van der Waals surface area contributed by atoms with Crippen LogP contribution >= 0.6 is 0 Å². The van der Waals surface area contributed by atoms with Gasteiger partial charge in [0.15, 0.2) is 0 Å². The van der Waals surface area contributed by atoms with E-state index in [0.29, 0.717) is 5.56 Å². The van der Waals surface area contributed by atoms with Gasteiger partial charge in [-0.1, -0.05) is 29.4 Å². The Morgan fingerprint density at radius 2 is 1.93 bits per heavy atom. The molecule has 5 rings (SSSR count). The highest BCUT2D eigenvalue weighted by Gasteiger charge is 2.32. The summed E-state index contributed by atoms with van der Waals surface area (Å²) in [6.07, 6.45) is 2.88. The summed E-state index contributed by atoms with van der Waals surface area (Å²) in [6, 6.07) is 16.1. The van der Waals surface area contributed by atoms with Gasteiger partial charge in [0.2, 0.25) is 0 Å². The normalized spacial score (nSPS) is 18.2. The SMILES string of the molecule is Cc1cc([C@H]2CCCN2C(=O)c2ccc(-c3ccc4c(c3)OCC4)cc2)no1. The lowest BCUT2D eigenvalue weighted by Crippen LogP contribution is -2.30. The first-order valence-corrected chi connectivity index (χ1v) is 9.79. The van der Waals surface area contributed by atoms with Gasteiger partial charge in [-0.2, -0.15) is 0 Å². The molecule has 0 saturated carbocycles. The Balaban J connectivity index is 1.37. The number of benzene rings is 2. The zero-order valence-corrected chi connectivity index (χ0v) is 15.9. The Hall–Kier alpha value is -3.08. The topological polar surface area (TPSA) is 55.6 Å². The first-order valence-electron chi connectivity index (χ1n) is 9.79. The van der Waals surface area contributed by atoms with Crippen LogP contribution in [0, 0.1) is 6.92 Å². The molecular formula is C23H22N2O3. The molecule has 0 spiro atoms. The van der Waals surface area contributed by atoms with Gasteiger partial charge in [-0.3, -0.25) is 4.79 Å². The highest BCUT2D eigenvalue weighted by atomic mass is 16.5. The summed E-state index contributed by atoms with van der Waals surface area (Å²) in [5.74, 6) is 1.80. The fourth-order valence-electron chi connectivity index (χ4n) is 4.18. The molecule has 1 atom stereocenters. The van der Waals surface area contributed by atoms with Gasteiger partial charge in [-0.05, 0) is 54.7 Å². The number of rotatable bonds is 3. The number of fused-ring (bicyclic) bond motifs is 1. The monoisotopic (exact) mass is 374 g/mol. The number of aryl methyl sites for hydroxylation is 1. The van der Waals surface area contributed by atoms with Gasteiger partial charge in [-0.15, -0.1) is 0 Å². The van der Waals surface area contributed by atoms with Crippen molar-refractivity contribution in [2.75, 3.05) is 13.2 Å². The Morgan fingerprint density at radius 1 is 1.11 bits per heavy atom. The van der Waals surface area contributed by atoms with Crippen LogP contribution < -0.4 is 4.74 Å². The minimum atomic E-state index is -0.00140. The number of aromatic nitrogens is 1. The lowest BCUT2D eigenvalue weighted by Gasteiger charge is -2.23. The lowest BCUT2D eigenvalue weighted by atomic mass is 10.0. The van der Waals surface area contributed by atoms with Crippen LogP contribution in [0.1, 0.15) is 46.3 Å². The minimum absolute atomic E-state index is 0.00140. The van der Waals surface area contributed by atoms with Gasteiger partial charge in [0.25, 0.3) is 5.91 Å². The second-order valence-corrected chi connectivity index (χ2v) is 7.52. The van der Waals surface area contributed by atoms with E-state index in [-0.39, 0.29) is 11.9 Å². The number of hydrogen-bond donors (Lipinski definition) is 0. The van der Waals surface area contributed by atoms with E-state index in [1.807, 2.05) is 42.2 Å². The first kappa shape index (κ1) is 17.0. The van der Waals surface area contributed by atoms with Gasteiger partial charge < -0.3 is 14.2 Å². The van der Waals surface area contributed by atoms with E-state index in [0.717, 1.165) is 60.7 Å². The molecule has 0 bridgehead atoms. The third kappa shape index (κ3) is 2.97. The molecule has 2 aliphatic heterocycles. The molecule has 2 aliphatic rings. The van der Waals surface area contributed by atoms with Crippen molar-refractivity contribution in [2.45, 2.75) is 32.2 Å². The fraction of sp³-hybridized carbons (Fsp3) is 0.304. The Labute approximate surface area is 163 Å². The summed E-state index contributed by atoms with van der Waals surface area (Å²) in [5.41, 5.74) is 5.00. The number of nitrogens with zero attached hydrogens (tertiary/aromatic N) is 2. The van der Waals surface area contributed by atoms with E-state index >= 15 is 0 Å². The van der Waals surface area contributed by atoms with Crippen LogP contribution in [0.5, 0.6) is 5.75 Å². The molecule has 5 heteroatoms.